The molecule has 4 heteroatoms. The molecule has 3 rings (SSSR count). The van der Waals surface area contributed by atoms with Crippen molar-refractivity contribution in [2.24, 2.45) is 0 Å². The number of hydrogen-bond donors (Lipinski definition) is 1. The maximum absolute atomic E-state index is 6.23. The third kappa shape index (κ3) is 1.99. The summed E-state index contributed by atoms with van der Waals surface area (Å²) >= 11 is 0. The molecule has 0 aliphatic heterocycles. The first-order valence-electron chi connectivity index (χ1n) is 6.67. The summed E-state index contributed by atoms with van der Waals surface area (Å²) in [5, 5.41) is 0. The summed E-state index contributed by atoms with van der Waals surface area (Å²) in [4.78, 5) is 4.62. The largest absolute Gasteiger partial charge is 0.493 e. The number of ether oxygens (including phenoxy) is 1. The Morgan fingerprint density at radius 2 is 2.10 bits per heavy atom. The molecule has 4 nitrogen and oxygen atoms in total. The average molecular weight is 267 g/mol. The number of rotatable bonds is 3. The number of nitrogens with two attached hydrogens (primary N) is 1. The van der Waals surface area contributed by atoms with Gasteiger partial charge in [-0.2, -0.15) is 0 Å². The van der Waals surface area contributed by atoms with Crippen LogP contribution in [0.5, 0.6) is 5.75 Å². The van der Waals surface area contributed by atoms with E-state index < -0.39 is 0 Å². The third-order valence-corrected chi connectivity index (χ3v) is 3.26. The zero-order valence-corrected chi connectivity index (χ0v) is 11.6. The minimum Gasteiger partial charge on any atom is -0.493 e. The van der Waals surface area contributed by atoms with Crippen LogP contribution < -0.4 is 10.5 Å². The van der Waals surface area contributed by atoms with Crippen molar-refractivity contribution in [2.75, 3.05) is 12.3 Å². The van der Waals surface area contributed by atoms with E-state index in [1.54, 1.807) is 0 Å². The van der Waals surface area contributed by atoms with Crippen LogP contribution in [0.3, 0.4) is 0 Å². The molecule has 0 saturated carbocycles. The number of anilines is 1. The van der Waals surface area contributed by atoms with E-state index in [9.17, 15) is 0 Å². The molecule has 0 fully saturated rings. The first-order valence-corrected chi connectivity index (χ1v) is 6.67. The molecule has 0 aliphatic rings. The first kappa shape index (κ1) is 12.5. The number of fused-ring (bicyclic) bond motifs is 1. The fourth-order valence-electron chi connectivity index (χ4n) is 2.32. The van der Waals surface area contributed by atoms with Crippen molar-refractivity contribution < 1.29 is 4.74 Å². The molecule has 0 radical (unpaired) electrons. The number of nitrogen functional groups attached to an aromatic ring is 1. The maximum Gasteiger partial charge on any atom is 0.139 e. The van der Waals surface area contributed by atoms with Gasteiger partial charge >= 0.3 is 0 Å². The van der Waals surface area contributed by atoms with Crippen molar-refractivity contribution in [1.82, 2.24) is 9.38 Å². The number of pyridine rings is 1. The van der Waals surface area contributed by atoms with Crippen LogP contribution in [0.25, 0.3) is 16.9 Å². The highest BCUT2D eigenvalue weighted by Crippen LogP contribution is 2.34. The van der Waals surface area contributed by atoms with Crippen molar-refractivity contribution in [3.8, 4) is 17.0 Å². The number of aromatic nitrogens is 2. The molecular weight excluding hydrogens is 250 g/mol. The smallest absolute Gasteiger partial charge is 0.139 e. The highest BCUT2D eigenvalue weighted by molar-refractivity contribution is 5.79. The number of nitrogens with zero attached hydrogens (tertiary/aromatic N) is 2. The zero-order chi connectivity index (χ0) is 14.1. The molecule has 102 valence electrons. The van der Waals surface area contributed by atoms with Gasteiger partial charge in [0.15, 0.2) is 0 Å². The van der Waals surface area contributed by atoms with Gasteiger partial charge in [0, 0.05) is 11.8 Å². The monoisotopic (exact) mass is 267 g/mol. The fourth-order valence-corrected chi connectivity index (χ4v) is 2.32. The molecule has 3 aromatic rings. The zero-order valence-electron chi connectivity index (χ0n) is 11.6. The van der Waals surface area contributed by atoms with E-state index in [4.69, 9.17) is 10.5 Å². The highest BCUT2D eigenvalue weighted by Gasteiger charge is 2.15. The van der Waals surface area contributed by atoms with Crippen molar-refractivity contribution in [2.45, 2.75) is 13.8 Å². The van der Waals surface area contributed by atoms with E-state index in [-0.39, 0.29) is 0 Å². The molecule has 20 heavy (non-hydrogen) atoms. The van der Waals surface area contributed by atoms with Gasteiger partial charge in [-0.05, 0) is 38.1 Å². The van der Waals surface area contributed by atoms with E-state index in [0.717, 1.165) is 28.2 Å². The number of hydrogen-bond acceptors (Lipinski definition) is 3. The van der Waals surface area contributed by atoms with E-state index in [0.29, 0.717) is 12.4 Å². The summed E-state index contributed by atoms with van der Waals surface area (Å²) in [7, 11) is 0. The van der Waals surface area contributed by atoms with Crippen LogP contribution in [-0.4, -0.2) is 16.0 Å². The molecule has 0 unspecified atom stereocenters. The van der Waals surface area contributed by atoms with Crippen molar-refractivity contribution in [3.63, 3.8) is 0 Å². The van der Waals surface area contributed by atoms with Gasteiger partial charge in [0.1, 0.15) is 22.9 Å². The summed E-state index contributed by atoms with van der Waals surface area (Å²) < 4.78 is 7.57. The van der Waals surface area contributed by atoms with Crippen LogP contribution in [0.15, 0.2) is 42.6 Å². The Labute approximate surface area is 117 Å². The first-order chi connectivity index (χ1) is 9.70. The van der Waals surface area contributed by atoms with Gasteiger partial charge in [-0.3, -0.25) is 4.40 Å². The van der Waals surface area contributed by atoms with Crippen LogP contribution in [0.1, 0.15) is 12.5 Å². The normalized spacial score (nSPS) is 10.9. The quantitative estimate of drug-likeness (QED) is 0.792. The molecular formula is C16H17N3O. The van der Waals surface area contributed by atoms with Crippen LogP contribution in [-0.2, 0) is 0 Å². The second-order valence-electron chi connectivity index (χ2n) is 4.71. The molecule has 2 N–H and O–H groups in total. The molecule has 1 aromatic carbocycles. The predicted molar refractivity (Wildman–Crippen MR) is 80.9 cm³/mol. The lowest BCUT2D eigenvalue weighted by molar-refractivity contribution is 0.341. The van der Waals surface area contributed by atoms with Gasteiger partial charge in [-0.15, -0.1) is 0 Å². The van der Waals surface area contributed by atoms with Gasteiger partial charge in [-0.25, -0.2) is 4.98 Å². The molecule has 2 heterocycles. The Bertz CT molecular complexity index is 762. The minimum atomic E-state index is 0.614. The number of imidazole rings is 1. The molecule has 0 saturated heterocycles. The molecule has 0 spiro atoms. The molecule has 0 atom stereocenters. The number of aryl methyl sites for hydroxylation is 1. The highest BCUT2D eigenvalue weighted by atomic mass is 16.5. The Hall–Kier alpha value is -2.49. The van der Waals surface area contributed by atoms with Gasteiger partial charge in [0.25, 0.3) is 0 Å². The molecule has 0 bridgehead atoms. The lowest BCUT2D eigenvalue weighted by Gasteiger charge is -2.10. The second kappa shape index (κ2) is 4.89. The summed E-state index contributed by atoms with van der Waals surface area (Å²) in [6, 6.07) is 11.9. The topological polar surface area (TPSA) is 52.5 Å². The average Bonchev–Trinajstić information content (AvgIpc) is 2.79. The van der Waals surface area contributed by atoms with Gasteiger partial charge in [0.2, 0.25) is 0 Å². The molecule has 0 aliphatic carbocycles. The standard InChI is InChI=1S/C16H17N3O/c1-3-20-13-8-7-11(2)10-12(13)15-16(17)19-9-5-4-6-14(19)18-15/h4-10H,3,17H2,1-2H3. The lowest BCUT2D eigenvalue weighted by Crippen LogP contribution is -1.97. The maximum atomic E-state index is 6.23. The van der Waals surface area contributed by atoms with Crippen molar-refractivity contribution in [1.29, 1.82) is 0 Å². The fraction of sp³-hybridized carbons (Fsp3) is 0.188. The van der Waals surface area contributed by atoms with Crippen LogP contribution in [0, 0.1) is 6.92 Å². The Kier molecular flexibility index (Phi) is 3.06. The van der Waals surface area contributed by atoms with Crippen LogP contribution >= 0.6 is 0 Å². The lowest BCUT2D eigenvalue weighted by atomic mass is 10.1. The Morgan fingerprint density at radius 3 is 2.85 bits per heavy atom. The van der Waals surface area contributed by atoms with Gasteiger partial charge < -0.3 is 10.5 Å². The van der Waals surface area contributed by atoms with Gasteiger partial charge in [0.05, 0.1) is 6.61 Å². The van der Waals surface area contributed by atoms with E-state index >= 15 is 0 Å². The van der Waals surface area contributed by atoms with E-state index in [2.05, 4.69) is 11.1 Å². The molecule has 0 amide bonds. The summed E-state index contributed by atoms with van der Waals surface area (Å²) in [6.07, 6.45) is 1.91. The second-order valence-corrected chi connectivity index (χ2v) is 4.71. The summed E-state index contributed by atoms with van der Waals surface area (Å²) in [5.74, 6) is 1.44. The Morgan fingerprint density at radius 1 is 1.25 bits per heavy atom. The predicted octanol–water partition coefficient (Wildman–Crippen LogP) is 3.29. The third-order valence-electron chi connectivity index (χ3n) is 3.26. The SMILES string of the molecule is CCOc1ccc(C)cc1-c1nc2ccccn2c1N. The van der Waals surface area contributed by atoms with Crippen molar-refractivity contribution >= 4 is 11.5 Å². The van der Waals surface area contributed by atoms with E-state index in [1.807, 2.05) is 54.8 Å². The number of benzene rings is 1. The summed E-state index contributed by atoms with van der Waals surface area (Å²) in [5.41, 5.74) is 9.93. The molecule has 2 aromatic heterocycles. The van der Waals surface area contributed by atoms with Crippen LogP contribution in [0.4, 0.5) is 5.82 Å². The van der Waals surface area contributed by atoms with Crippen LogP contribution in [0.2, 0.25) is 0 Å². The van der Waals surface area contributed by atoms with E-state index in [1.165, 1.54) is 0 Å². The summed E-state index contributed by atoms with van der Waals surface area (Å²) in [6.45, 7) is 4.63. The van der Waals surface area contributed by atoms with Gasteiger partial charge in [-0.1, -0.05) is 17.7 Å². The Balaban J connectivity index is 2.24. The minimum absolute atomic E-state index is 0.614. The van der Waals surface area contributed by atoms with Crippen molar-refractivity contribution in [3.05, 3.63) is 48.2 Å².